The average molecular weight is 373 g/mol. The fraction of sp³-hybridized carbons (Fsp3) is 0.682. The number of amides is 1. The van der Waals surface area contributed by atoms with E-state index in [1.165, 1.54) is 6.42 Å². The molecule has 1 saturated carbocycles. The molecule has 0 spiro atoms. The molecule has 1 aromatic carbocycles. The van der Waals surface area contributed by atoms with Crippen LogP contribution in [0.25, 0.3) is 0 Å². The molecule has 1 aliphatic carbocycles. The minimum Gasteiger partial charge on any atom is -0.497 e. The smallest absolute Gasteiger partial charge is 0.233 e. The zero-order chi connectivity index (χ0) is 18.7. The molecule has 2 heterocycles. The third kappa shape index (κ3) is 3.99. The van der Waals surface area contributed by atoms with Crippen LogP contribution in [0.15, 0.2) is 24.3 Å². The van der Waals surface area contributed by atoms with Crippen LogP contribution in [-0.2, 0) is 14.9 Å². The van der Waals surface area contributed by atoms with Gasteiger partial charge in [-0.3, -0.25) is 9.69 Å². The molecule has 0 N–H and O–H groups in total. The first-order chi connectivity index (χ1) is 13.2. The van der Waals surface area contributed by atoms with Crippen LogP contribution in [0.1, 0.15) is 44.1 Å². The van der Waals surface area contributed by atoms with Gasteiger partial charge in [0.15, 0.2) is 0 Å². The summed E-state index contributed by atoms with van der Waals surface area (Å²) in [6.45, 7) is 5.73. The summed E-state index contributed by atoms with van der Waals surface area (Å²) in [4.78, 5) is 18.3. The number of carbonyl (C=O) groups excluding carboxylic acids is 1. The molecule has 4 rings (SSSR count). The molecule has 0 radical (unpaired) electrons. The third-order valence-corrected chi connectivity index (χ3v) is 6.57. The molecule has 0 bridgehead atoms. The fourth-order valence-corrected chi connectivity index (χ4v) is 4.66. The summed E-state index contributed by atoms with van der Waals surface area (Å²) in [6.07, 6.45) is 6.57. The minimum atomic E-state index is -0.277. The Morgan fingerprint density at radius 3 is 2.56 bits per heavy atom. The van der Waals surface area contributed by atoms with E-state index in [-0.39, 0.29) is 5.41 Å². The highest BCUT2D eigenvalue weighted by Crippen LogP contribution is 2.50. The van der Waals surface area contributed by atoms with Gasteiger partial charge < -0.3 is 14.4 Å². The Bertz CT molecular complexity index is 635. The van der Waals surface area contributed by atoms with E-state index in [0.717, 1.165) is 82.8 Å². The molecular formula is C22H32N2O3. The average Bonchev–Trinajstić information content (AvgIpc) is 3.55. The first kappa shape index (κ1) is 18.8. The molecule has 0 unspecified atom stereocenters. The maximum Gasteiger partial charge on any atom is 0.233 e. The van der Waals surface area contributed by atoms with Gasteiger partial charge in [-0.05, 0) is 56.2 Å². The molecule has 0 aromatic heterocycles. The van der Waals surface area contributed by atoms with Crippen molar-refractivity contribution in [2.45, 2.75) is 50.0 Å². The number of rotatable bonds is 6. The van der Waals surface area contributed by atoms with Crippen molar-refractivity contribution in [3.05, 3.63) is 29.8 Å². The van der Waals surface area contributed by atoms with Crippen molar-refractivity contribution in [2.24, 2.45) is 0 Å². The molecule has 1 atom stereocenters. The quantitative estimate of drug-likeness (QED) is 0.770. The summed E-state index contributed by atoms with van der Waals surface area (Å²) >= 11 is 0. The number of carbonyl (C=O) groups is 1. The number of likely N-dealkylation sites (tertiary alicyclic amines) is 1. The zero-order valence-electron chi connectivity index (χ0n) is 16.5. The molecule has 1 aromatic rings. The van der Waals surface area contributed by atoms with Crippen molar-refractivity contribution in [1.82, 2.24) is 9.80 Å². The molecule has 3 aliphatic rings. The van der Waals surface area contributed by atoms with E-state index in [0.29, 0.717) is 11.9 Å². The van der Waals surface area contributed by atoms with Gasteiger partial charge in [-0.1, -0.05) is 12.1 Å². The van der Waals surface area contributed by atoms with Crippen molar-refractivity contribution in [1.29, 1.82) is 0 Å². The van der Waals surface area contributed by atoms with Crippen molar-refractivity contribution in [2.75, 3.05) is 46.5 Å². The van der Waals surface area contributed by atoms with Crippen molar-refractivity contribution in [3.63, 3.8) is 0 Å². The first-order valence-electron chi connectivity index (χ1n) is 10.5. The summed E-state index contributed by atoms with van der Waals surface area (Å²) in [7, 11) is 1.68. The molecular weight excluding hydrogens is 340 g/mol. The predicted octanol–water partition coefficient (Wildman–Crippen LogP) is 2.83. The Morgan fingerprint density at radius 1 is 1.15 bits per heavy atom. The van der Waals surface area contributed by atoms with E-state index in [2.05, 4.69) is 21.9 Å². The molecule has 5 nitrogen and oxygen atoms in total. The Labute approximate surface area is 162 Å². The Kier molecular flexibility index (Phi) is 5.69. The second-order valence-electron chi connectivity index (χ2n) is 8.20. The maximum absolute atomic E-state index is 13.6. The van der Waals surface area contributed by atoms with E-state index >= 15 is 0 Å². The summed E-state index contributed by atoms with van der Waals surface area (Å²) in [5.74, 6) is 1.21. The van der Waals surface area contributed by atoms with Crippen molar-refractivity contribution >= 4 is 5.91 Å². The van der Waals surface area contributed by atoms with Gasteiger partial charge in [0.1, 0.15) is 5.75 Å². The monoisotopic (exact) mass is 372 g/mol. The molecule has 27 heavy (non-hydrogen) atoms. The van der Waals surface area contributed by atoms with Gasteiger partial charge in [0.25, 0.3) is 0 Å². The van der Waals surface area contributed by atoms with Crippen molar-refractivity contribution < 1.29 is 14.3 Å². The standard InChI is InChI=1S/C22H32N2O3/c1-26-20-7-5-18(6-8-20)22(10-11-22)21(25)24-12-3-2-4-19(24)9-13-23-14-16-27-17-15-23/h5-8,19H,2-4,9-17H2,1H3/t19-/m1/s1. The highest BCUT2D eigenvalue weighted by Gasteiger charge is 2.54. The second-order valence-corrected chi connectivity index (χ2v) is 8.20. The lowest BCUT2D eigenvalue weighted by Gasteiger charge is -2.39. The summed E-state index contributed by atoms with van der Waals surface area (Å²) in [5, 5.41) is 0. The topological polar surface area (TPSA) is 42.0 Å². The van der Waals surface area contributed by atoms with Crippen LogP contribution in [0.5, 0.6) is 5.75 Å². The molecule has 2 aliphatic heterocycles. The predicted molar refractivity (Wildman–Crippen MR) is 105 cm³/mol. The Hall–Kier alpha value is -1.59. The highest BCUT2D eigenvalue weighted by atomic mass is 16.5. The number of hydrogen-bond acceptors (Lipinski definition) is 4. The fourth-order valence-electron chi connectivity index (χ4n) is 4.66. The van der Waals surface area contributed by atoms with E-state index in [4.69, 9.17) is 9.47 Å². The number of hydrogen-bond donors (Lipinski definition) is 0. The van der Waals surface area contributed by atoms with E-state index in [9.17, 15) is 4.79 Å². The molecule has 148 valence electrons. The van der Waals surface area contributed by atoms with Crippen LogP contribution in [0.3, 0.4) is 0 Å². The van der Waals surface area contributed by atoms with Crippen LogP contribution in [0, 0.1) is 0 Å². The van der Waals surface area contributed by atoms with Crippen LogP contribution >= 0.6 is 0 Å². The Balaban J connectivity index is 1.43. The van der Waals surface area contributed by atoms with E-state index < -0.39 is 0 Å². The summed E-state index contributed by atoms with van der Waals surface area (Å²) in [6, 6.07) is 8.51. The summed E-state index contributed by atoms with van der Waals surface area (Å²) < 4.78 is 10.7. The van der Waals surface area contributed by atoms with Gasteiger partial charge in [-0.2, -0.15) is 0 Å². The lowest BCUT2D eigenvalue weighted by Crippen LogP contribution is -2.49. The van der Waals surface area contributed by atoms with Crippen LogP contribution in [0.2, 0.25) is 0 Å². The lowest BCUT2D eigenvalue weighted by atomic mass is 9.90. The number of ether oxygens (including phenoxy) is 2. The van der Waals surface area contributed by atoms with Gasteiger partial charge in [0.05, 0.1) is 25.7 Å². The second kappa shape index (κ2) is 8.19. The zero-order valence-corrected chi connectivity index (χ0v) is 16.5. The number of methoxy groups -OCH3 is 1. The number of nitrogens with zero attached hydrogens (tertiary/aromatic N) is 2. The van der Waals surface area contributed by atoms with E-state index in [1.807, 2.05) is 12.1 Å². The SMILES string of the molecule is COc1ccc(C2(C(=O)N3CCCC[C@@H]3CCN3CCOCC3)CC2)cc1. The molecule has 2 saturated heterocycles. The van der Waals surface area contributed by atoms with Crippen LogP contribution in [0.4, 0.5) is 0 Å². The number of morpholine rings is 1. The maximum atomic E-state index is 13.6. The number of piperidine rings is 1. The minimum absolute atomic E-state index is 0.277. The van der Waals surface area contributed by atoms with Crippen LogP contribution in [-0.4, -0.2) is 68.3 Å². The van der Waals surface area contributed by atoms with Gasteiger partial charge in [0, 0.05) is 32.2 Å². The summed E-state index contributed by atoms with van der Waals surface area (Å²) in [5.41, 5.74) is 0.881. The largest absolute Gasteiger partial charge is 0.497 e. The molecule has 5 heteroatoms. The van der Waals surface area contributed by atoms with Crippen LogP contribution < -0.4 is 4.74 Å². The van der Waals surface area contributed by atoms with Gasteiger partial charge in [-0.15, -0.1) is 0 Å². The van der Waals surface area contributed by atoms with E-state index in [1.54, 1.807) is 7.11 Å². The number of benzene rings is 1. The van der Waals surface area contributed by atoms with Gasteiger partial charge in [0.2, 0.25) is 5.91 Å². The third-order valence-electron chi connectivity index (χ3n) is 6.57. The molecule has 3 fully saturated rings. The van der Waals surface area contributed by atoms with Gasteiger partial charge >= 0.3 is 0 Å². The normalized spacial score (nSPS) is 25.2. The first-order valence-corrected chi connectivity index (χ1v) is 10.5. The highest BCUT2D eigenvalue weighted by molar-refractivity contribution is 5.91. The van der Waals surface area contributed by atoms with Crippen molar-refractivity contribution in [3.8, 4) is 5.75 Å². The lowest BCUT2D eigenvalue weighted by molar-refractivity contribution is -0.138. The molecule has 1 amide bonds. The Morgan fingerprint density at radius 2 is 1.89 bits per heavy atom. The van der Waals surface area contributed by atoms with Gasteiger partial charge in [-0.25, -0.2) is 0 Å².